The minimum Gasteiger partial charge on any atom is -0.338 e. The van der Waals surface area contributed by atoms with Gasteiger partial charge in [0.2, 0.25) is 5.89 Å². The number of halogens is 1. The maximum atomic E-state index is 6.36. The smallest absolute Gasteiger partial charge is 0.245 e. The molecule has 1 fully saturated rings. The summed E-state index contributed by atoms with van der Waals surface area (Å²) in [4.78, 5) is 13.4. The predicted octanol–water partition coefficient (Wildman–Crippen LogP) is 2.17. The molecule has 0 unspecified atom stereocenters. The predicted molar refractivity (Wildman–Crippen MR) is 89.9 cm³/mol. The molecular formula is C16H19ClN6O. The number of aromatic nitrogens is 4. The zero-order valence-corrected chi connectivity index (χ0v) is 14.4. The summed E-state index contributed by atoms with van der Waals surface area (Å²) in [5.41, 5.74) is 1.88. The normalized spacial score (nSPS) is 20.0. The summed E-state index contributed by atoms with van der Waals surface area (Å²) in [7, 11) is 2.09. The van der Waals surface area contributed by atoms with Crippen LogP contribution in [-0.2, 0) is 6.54 Å². The molecule has 3 aromatic heterocycles. The molecule has 1 aliphatic heterocycles. The number of hydrogen-bond donors (Lipinski definition) is 0. The fraction of sp³-hybridized carbons (Fsp3) is 0.438. The van der Waals surface area contributed by atoms with Crippen LogP contribution in [0.3, 0.4) is 0 Å². The molecule has 0 amide bonds. The molecule has 1 saturated heterocycles. The van der Waals surface area contributed by atoms with E-state index in [4.69, 9.17) is 16.1 Å². The minimum absolute atomic E-state index is 0.0953. The Bertz CT molecular complexity index is 859. The van der Waals surface area contributed by atoms with Crippen LogP contribution in [-0.4, -0.2) is 56.0 Å². The van der Waals surface area contributed by atoms with Gasteiger partial charge in [0, 0.05) is 32.4 Å². The van der Waals surface area contributed by atoms with E-state index in [9.17, 15) is 0 Å². The van der Waals surface area contributed by atoms with Gasteiger partial charge in [-0.05, 0) is 26.1 Å². The Labute approximate surface area is 144 Å². The molecule has 0 bridgehead atoms. The fourth-order valence-electron chi connectivity index (χ4n) is 3.16. The highest BCUT2D eigenvalue weighted by molar-refractivity contribution is 6.30. The van der Waals surface area contributed by atoms with Gasteiger partial charge in [-0.2, -0.15) is 4.98 Å². The van der Waals surface area contributed by atoms with Gasteiger partial charge in [-0.3, -0.25) is 9.80 Å². The van der Waals surface area contributed by atoms with Crippen molar-refractivity contribution in [1.29, 1.82) is 0 Å². The van der Waals surface area contributed by atoms with E-state index in [-0.39, 0.29) is 6.04 Å². The highest BCUT2D eigenvalue weighted by Crippen LogP contribution is 2.25. The van der Waals surface area contributed by atoms with Gasteiger partial charge in [0.25, 0.3) is 0 Å². The monoisotopic (exact) mass is 346 g/mol. The first-order valence-corrected chi connectivity index (χ1v) is 8.34. The van der Waals surface area contributed by atoms with Crippen molar-refractivity contribution in [3.63, 3.8) is 0 Å². The molecule has 4 rings (SSSR count). The van der Waals surface area contributed by atoms with Crippen LogP contribution in [0.25, 0.3) is 5.65 Å². The molecule has 0 spiro atoms. The summed E-state index contributed by atoms with van der Waals surface area (Å²) in [6, 6.07) is 6.01. The molecule has 8 heteroatoms. The van der Waals surface area contributed by atoms with Gasteiger partial charge in [0.1, 0.15) is 11.7 Å². The van der Waals surface area contributed by atoms with Crippen LogP contribution in [0.4, 0.5) is 0 Å². The third-order valence-electron chi connectivity index (χ3n) is 4.51. The summed E-state index contributed by atoms with van der Waals surface area (Å²) in [6.07, 6.45) is 2.00. The van der Waals surface area contributed by atoms with Gasteiger partial charge in [0.05, 0.1) is 5.69 Å². The van der Waals surface area contributed by atoms with Gasteiger partial charge in [-0.25, -0.2) is 4.98 Å². The second kappa shape index (κ2) is 6.16. The summed E-state index contributed by atoms with van der Waals surface area (Å²) in [5.74, 6) is 1.34. The number of aryl methyl sites for hydroxylation is 1. The van der Waals surface area contributed by atoms with Crippen molar-refractivity contribution in [2.45, 2.75) is 19.5 Å². The summed E-state index contributed by atoms with van der Waals surface area (Å²) >= 11 is 6.36. The Kier molecular flexibility index (Phi) is 3.99. The zero-order valence-electron chi connectivity index (χ0n) is 13.7. The van der Waals surface area contributed by atoms with Gasteiger partial charge in [-0.15, -0.1) is 0 Å². The summed E-state index contributed by atoms with van der Waals surface area (Å²) in [6.45, 7) is 5.28. The van der Waals surface area contributed by atoms with Gasteiger partial charge in [-0.1, -0.05) is 22.8 Å². The first kappa shape index (κ1) is 15.6. The number of fused-ring (bicyclic) bond motifs is 1. The quantitative estimate of drug-likeness (QED) is 0.724. The molecule has 0 aromatic carbocycles. The molecule has 1 atom stereocenters. The van der Waals surface area contributed by atoms with Gasteiger partial charge < -0.3 is 8.92 Å². The Morgan fingerprint density at radius 1 is 1.29 bits per heavy atom. The molecule has 7 nitrogen and oxygen atoms in total. The first-order valence-electron chi connectivity index (χ1n) is 7.96. The molecule has 1 aliphatic rings. The lowest BCUT2D eigenvalue weighted by atomic mass is 10.1. The molecular weight excluding hydrogens is 328 g/mol. The number of pyridine rings is 1. The van der Waals surface area contributed by atoms with E-state index in [1.54, 1.807) is 0 Å². The van der Waals surface area contributed by atoms with E-state index in [1.165, 1.54) is 0 Å². The van der Waals surface area contributed by atoms with Gasteiger partial charge in [0.15, 0.2) is 11.0 Å². The topological polar surface area (TPSA) is 62.7 Å². The number of hydrogen-bond acceptors (Lipinski definition) is 6. The third-order valence-corrected chi connectivity index (χ3v) is 4.82. The van der Waals surface area contributed by atoms with Crippen molar-refractivity contribution in [2.75, 3.05) is 26.7 Å². The molecule has 24 heavy (non-hydrogen) atoms. The van der Waals surface area contributed by atoms with Crippen molar-refractivity contribution in [1.82, 2.24) is 29.3 Å². The SMILES string of the molecule is Cc1noc([C@@H]2CN(Cc3c(Cl)nc4ccccn34)CCN2C)n1. The van der Waals surface area contributed by atoms with Crippen LogP contribution >= 0.6 is 11.6 Å². The molecule has 0 radical (unpaired) electrons. The second-order valence-corrected chi connectivity index (χ2v) is 6.55. The van der Waals surface area contributed by atoms with Crippen molar-refractivity contribution >= 4 is 17.2 Å². The molecule has 0 N–H and O–H groups in total. The molecule has 0 saturated carbocycles. The Morgan fingerprint density at radius 3 is 2.96 bits per heavy atom. The van der Waals surface area contributed by atoms with E-state index in [0.29, 0.717) is 16.9 Å². The maximum absolute atomic E-state index is 6.36. The summed E-state index contributed by atoms with van der Waals surface area (Å²) < 4.78 is 7.43. The van der Waals surface area contributed by atoms with Gasteiger partial charge >= 0.3 is 0 Å². The van der Waals surface area contributed by atoms with E-state index in [2.05, 4.69) is 32.0 Å². The van der Waals surface area contributed by atoms with Crippen molar-refractivity contribution in [3.8, 4) is 0 Å². The van der Waals surface area contributed by atoms with E-state index < -0.39 is 0 Å². The second-order valence-electron chi connectivity index (χ2n) is 6.19. The standard InChI is InChI=1S/C16H19ClN6O/c1-11-18-16(24-20-11)13-10-22(8-7-21(13)2)9-12-15(17)19-14-5-3-4-6-23(12)14/h3-6,13H,7-10H2,1-2H3/t13-/m0/s1. The van der Waals surface area contributed by atoms with E-state index in [0.717, 1.165) is 37.5 Å². The van der Waals surface area contributed by atoms with Crippen LogP contribution in [0, 0.1) is 6.92 Å². The maximum Gasteiger partial charge on any atom is 0.245 e. The zero-order chi connectivity index (χ0) is 16.7. The lowest BCUT2D eigenvalue weighted by Crippen LogP contribution is -2.46. The van der Waals surface area contributed by atoms with Crippen LogP contribution < -0.4 is 0 Å². The average Bonchev–Trinajstić information content (AvgIpc) is 3.13. The van der Waals surface area contributed by atoms with Crippen LogP contribution in [0.1, 0.15) is 23.5 Å². The number of likely N-dealkylation sites (N-methyl/N-ethyl adjacent to an activating group) is 1. The Balaban J connectivity index is 1.57. The Morgan fingerprint density at radius 2 is 2.17 bits per heavy atom. The lowest BCUT2D eigenvalue weighted by Gasteiger charge is -2.37. The highest BCUT2D eigenvalue weighted by atomic mass is 35.5. The number of piperazine rings is 1. The largest absolute Gasteiger partial charge is 0.338 e. The lowest BCUT2D eigenvalue weighted by molar-refractivity contribution is 0.0706. The average molecular weight is 347 g/mol. The molecule has 0 aliphatic carbocycles. The molecule has 4 heterocycles. The molecule has 3 aromatic rings. The van der Waals surface area contributed by atoms with Crippen molar-refractivity contribution in [3.05, 3.63) is 47.0 Å². The van der Waals surface area contributed by atoms with Crippen molar-refractivity contribution in [2.24, 2.45) is 0 Å². The number of rotatable bonds is 3. The minimum atomic E-state index is 0.0953. The van der Waals surface area contributed by atoms with E-state index in [1.807, 2.05) is 35.7 Å². The fourth-order valence-corrected chi connectivity index (χ4v) is 3.40. The third kappa shape index (κ3) is 2.79. The van der Waals surface area contributed by atoms with E-state index >= 15 is 0 Å². The van der Waals surface area contributed by atoms with Crippen LogP contribution in [0.2, 0.25) is 5.15 Å². The Hall–Kier alpha value is -1.96. The van der Waals surface area contributed by atoms with Crippen molar-refractivity contribution < 1.29 is 4.52 Å². The number of nitrogens with zero attached hydrogens (tertiary/aromatic N) is 6. The molecule has 126 valence electrons. The van der Waals surface area contributed by atoms with Crippen LogP contribution in [0.5, 0.6) is 0 Å². The number of imidazole rings is 1. The van der Waals surface area contributed by atoms with Crippen LogP contribution in [0.15, 0.2) is 28.9 Å². The summed E-state index contributed by atoms with van der Waals surface area (Å²) in [5, 5.41) is 4.48. The first-order chi connectivity index (χ1) is 11.6. The highest BCUT2D eigenvalue weighted by Gasteiger charge is 2.30.